The number of nitrogens with two attached hydrogens (primary N) is 1. The van der Waals surface area contributed by atoms with Gasteiger partial charge < -0.3 is 26.0 Å². The molecule has 24 heavy (non-hydrogen) atoms. The van der Waals surface area contributed by atoms with Gasteiger partial charge in [0.05, 0.1) is 6.20 Å². The SMILES string of the molecule is Nc1ncc(Cl)nc1C(O)C(O)CNC(=O)OCc1ccccc1. The topological polar surface area (TPSA) is 131 Å². The van der Waals surface area contributed by atoms with Gasteiger partial charge in [-0.1, -0.05) is 41.9 Å². The van der Waals surface area contributed by atoms with Crippen molar-refractivity contribution in [3.05, 3.63) is 52.9 Å². The van der Waals surface area contributed by atoms with Gasteiger partial charge in [0, 0.05) is 6.54 Å². The minimum Gasteiger partial charge on any atom is -0.445 e. The molecule has 0 aliphatic carbocycles. The van der Waals surface area contributed by atoms with Crippen molar-refractivity contribution >= 4 is 23.5 Å². The number of anilines is 1. The number of aliphatic hydroxyl groups excluding tert-OH is 2. The van der Waals surface area contributed by atoms with Crippen molar-refractivity contribution < 1.29 is 19.7 Å². The van der Waals surface area contributed by atoms with Gasteiger partial charge >= 0.3 is 6.09 Å². The van der Waals surface area contributed by atoms with E-state index in [0.29, 0.717) is 0 Å². The van der Waals surface area contributed by atoms with Crippen LogP contribution in [-0.2, 0) is 11.3 Å². The molecule has 0 spiro atoms. The number of ether oxygens (including phenoxy) is 1. The summed E-state index contributed by atoms with van der Waals surface area (Å²) in [6.45, 7) is -0.166. The lowest BCUT2D eigenvalue weighted by atomic mass is 10.1. The summed E-state index contributed by atoms with van der Waals surface area (Å²) in [7, 11) is 0. The van der Waals surface area contributed by atoms with Gasteiger partial charge in [0.2, 0.25) is 0 Å². The third-order valence-electron chi connectivity index (χ3n) is 3.11. The maximum absolute atomic E-state index is 11.6. The highest BCUT2D eigenvalue weighted by Gasteiger charge is 2.23. The van der Waals surface area contributed by atoms with Crippen LogP contribution in [0.4, 0.5) is 10.6 Å². The molecule has 9 heteroatoms. The Morgan fingerprint density at radius 1 is 1.33 bits per heavy atom. The molecule has 1 amide bonds. The number of carbonyl (C=O) groups is 1. The van der Waals surface area contributed by atoms with E-state index in [9.17, 15) is 15.0 Å². The van der Waals surface area contributed by atoms with Crippen molar-refractivity contribution in [3.63, 3.8) is 0 Å². The van der Waals surface area contributed by atoms with Crippen LogP contribution in [0.2, 0.25) is 5.15 Å². The number of nitrogen functional groups attached to an aromatic ring is 1. The van der Waals surface area contributed by atoms with Gasteiger partial charge in [0.1, 0.15) is 35.5 Å². The van der Waals surface area contributed by atoms with Crippen molar-refractivity contribution in [2.45, 2.75) is 18.8 Å². The van der Waals surface area contributed by atoms with E-state index in [1.165, 1.54) is 6.20 Å². The van der Waals surface area contributed by atoms with E-state index in [-0.39, 0.29) is 29.8 Å². The fraction of sp³-hybridized carbons (Fsp3) is 0.267. The number of carbonyl (C=O) groups excluding carboxylic acids is 1. The molecule has 128 valence electrons. The van der Waals surface area contributed by atoms with Crippen LogP contribution in [0.15, 0.2) is 36.5 Å². The van der Waals surface area contributed by atoms with E-state index < -0.39 is 18.3 Å². The highest BCUT2D eigenvalue weighted by molar-refractivity contribution is 6.29. The minimum absolute atomic E-state index is 0.0284. The first-order valence-corrected chi connectivity index (χ1v) is 7.43. The number of rotatable bonds is 6. The first-order chi connectivity index (χ1) is 11.5. The predicted molar refractivity (Wildman–Crippen MR) is 87.1 cm³/mol. The summed E-state index contributed by atoms with van der Waals surface area (Å²) in [5, 5.41) is 22.3. The molecule has 1 aromatic carbocycles. The maximum Gasteiger partial charge on any atom is 0.407 e. The molecule has 2 aromatic rings. The van der Waals surface area contributed by atoms with Crippen LogP contribution in [0.3, 0.4) is 0 Å². The average molecular weight is 353 g/mol. The highest BCUT2D eigenvalue weighted by atomic mass is 35.5. The van der Waals surface area contributed by atoms with Gasteiger partial charge in [-0.05, 0) is 5.56 Å². The predicted octanol–water partition coefficient (Wildman–Crippen LogP) is 1.03. The van der Waals surface area contributed by atoms with Crippen LogP contribution in [0.25, 0.3) is 0 Å². The highest BCUT2D eigenvalue weighted by Crippen LogP contribution is 2.20. The van der Waals surface area contributed by atoms with E-state index in [1.807, 2.05) is 30.3 Å². The lowest BCUT2D eigenvalue weighted by molar-refractivity contribution is 0.0162. The van der Waals surface area contributed by atoms with Crippen LogP contribution in [0, 0.1) is 0 Å². The maximum atomic E-state index is 11.6. The second kappa shape index (κ2) is 8.44. The van der Waals surface area contributed by atoms with Crippen LogP contribution in [0.1, 0.15) is 17.4 Å². The number of alkyl carbamates (subject to hydrolysis) is 1. The lowest BCUT2D eigenvalue weighted by Gasteiger charge is -2.18. The van der Waals surface area contributed by atoms with Crippen molar-refractivity contribution in [2.75, 3.05) is 12.3 Å². The van der Waals surface area contributed by atoms with Crippen molar-refractivity contribution in [2.24, 2.45) is 0 Å². The summed E-state index contributed by atoms with van der Waals surface area (Å²) in [5.74, 6) is -0.0578. The molecule has 0 saturated heterocycles. The zero-order valence-electron chi connectivity index (χ0n) is 12.6. The molecule has 5 N–H and O–H groups in total. The lowest BCUT2D eigenvalue weighted by Crippen LogP contribution is -2.36. The van der Waals surface area contributed by atoms with Gasteiger partial charge in [0.25, 0.3) is 0 Å². The molecule has 2 atom stereocenters. The van der Waals surface area contributed by atoms with E-state index in [1.54, 1.807) is 0 Å². The van der Waals surface area contributed by atoms with Gasteiger partial charge in [0.15, 0.2) is 0 Å². The number of nitrogens with one attached hydrogen (secondary N) is 1. The number of amides is 1. The number of benzene rings is 1. The molecule has 0 aliphatic rings. The molecule has 0 radical (unpaired) electrons. The zero-order valence-corrected chi connectivity index (χ0v) is 13.3. The normalized spacial score (nSPS) is 13.1. The summed E-state index contributed by atoms with van der Waals surface area (Å²) < 4.78 is 4.99. The van der Waals surface area contributed by atoms with Crippen molar-refractivity contribution in [3.8, 4) is 0 Å². The Bertz CT molecular complexity index is 686. The quantitative estimate of drug-likeness (QED) is 0.610. The number of nitrogens with zero attached hydrogens (tertiary/aromatic N) is 2. The molecule has 1 heterocycles. The van der Waals surface area contributed by atoms with E-state index in [0.717, 1.165) is 5.56 Å². The minimum atomic E-state index is -1.45. The van der Waals surface area contributed by atoms with E-state index in [2.05, 4.69) is 15.3 Å². The first-order valence-electron chi connectivity index (χ1n) is 7.06. The van der Waals surface area contributed by atoms with Gasteiger partial charge in [-0.2, -0.15) is 0 Å². The molecule has 1 aromatic heterocycles. The first kappa shape index (κ1) is 17.9. The van der Waals surface area contributed by atoms with Gasteiger partial charge in [-0.3, -0.25) is 0 Å². The zero-order chi connectivity index (χ0) is 17.5. The third-order valence-corrected chi connectivity index (χ3v) is 3.29. The summed E-state index contributed by atoms with van der Waals surface area (Å²) in [4.78, 5) is 19.2. The average Bonchev–Trinajstić information content (AvgIpc) is 2.60. The Morgan fingerprint density at radius 3 is 2.75 bits per heavy atom. The monoisotopic (exact) mass is 352 g/mol. The molecular formula is C15H17ClN4O4. The van der Waals surface area contributed by atoms with Gasteiger partial charge in [-0.15, -0.1) is 0 Å². The molecule has 0 bridgehead atoms. The number of hydrogen-bond donors (Lipinski definition) is 4. The Hall–Kier alpha value is -2.42. The molecule has 2 rings (SSSR count). The number of halogens is 1. The van der Waals surface area contributed by atoms with Crippen LogP contribution >= 0.6 is 11.6 Å². The van der Waals surface area contributed by atoms with Crippen molar-refractivity contribution in [1.82, 2.24) is 15.3 Å². The fourth-order valence-corrected chi connectivity index (χ4v) is 2.00. The molecular weight excluding hydrogens is 336 g/mol. The number of aromatic nitrogens is 2. The summed E-state index contributed by atoms with van der Waals surface area (Å²) in [6.07, 6.45) is -2.32. The summed E-state index contributed by atoms with van der Waals surface area (Å²) in [5.41, 5.74) is 6.35. The number of aliphatic hydroxyl groups is 2. The molecule has 0 fully saturated rings. The Morgan fingerprint density at radius 2 is 2.04 bits per heavy atom. The molecule has 0 saturated carbocycles. The van der Waals surface area contributed by atoms with Crippen molar-refractivity contribution in [1.29, 1.82) is 0 Å². The fourth-order valence-electron chi connectivity index (χ4n) is 1.86. The second-order valence-electron chi connectivity index (χ2n) is 4.92. The van der Waals surface area contributed by atoms with E-state index >= 15 is 0 Å². The molecule has 2 unspecified atom stereocenters. The molecule has 0 aliphatic heterocycles. The van der Waals surface area contributed by atoms with Crippen LogP contribution in [0.5, 0.6) is 0 Å². The van der Waals surface area contributed by atoms with E-state index in [4.69, 9.17) is 22.1 Å². The second-order valence-corrected chi connectivity index (χ2v) is 5.31. The Kier molecular flexibility index (Phi) is 6.30. The van der Waals surface area contributed by atoms with Gasteiger partial charge in [-0.25, -0.2) is 14.8 Å². The standard InChI is InChI=1S/C15H17ClN4O4/c16-11-7-18-14(17)12(20-11)13(22)10(21)6-19-15(23)24-8-9-4-2-1-3-5-9/h1-5,7,10,13,21-22H,6,8H2,(H2,17,18)(H,19,23). The summed E-state index contributed by atoms with van der Waals surface area (Å²) >= 11 is 5.68. The van der Waals surface area contributed by atoms with Crippen LogP contribution in [-0.4, -0.2) is 38.9 Å². The third kappa shape index (κ3) is 5.05. The smallest absolute Gasteiger partial charge is 0.407 e. The Labute approximate surface area is 143 Å². The Balaban J connectivity index is 1.82. The largest absolute Gasteiger partial charge is 0.445 e. The summed E-state index contributed by atoms with van der Waals surface area (Å²) in [6, 6.07) is 9.13. The molecule has 8 nitrogen and oxygen atoms in total. The van der Waals surface area contributed by atoms with Crippen LogP contribution < -0.4 is 11.1 Å². The number of hydrogen-bond acceptors (Lipinski definition) is 7.